The van der Waals surface area contributed by atoms with Gasteiger partial charge in [-0.3, -0.25) is 0 Å². The van der Waals surface area contributed by atoms with Crippen LogP contribution < -0.4 is 0 Å². The lowest BCUT2D eigenvalue weighted by Gasteiger charge is -2.22. The number of hydrogen-bond donors (Lipinski definition) is 1. The van der Waals surface area contributed by atoms with Crippen molar-refractivity contribution in [3.63, 3.8) is 0 Å². The van der Waals surface area contributed by atoms with E-state index in [1.165, 1.54) is 0 Å². The fourth-order valence-corrected chi connectivity index (χ4v) is 2.05. The summed E-state index contributed by atoms with van der Waals surface area (Å²) in [7, 11) is 0. The molecule has 2 saturated heterocycles. The topological polar surface area (TPSA) is 47.9 Å². The number of hydrogen-bond acceptors (Lipinski definition) is 4. The first-order chi connectivity index (χ1) is 6.52. The van der Waals surface area contributed by atoms with E-state index in [4.69, 9.17) is 14.2 Å². The first kappa shape index (κ1) is 10.4. The summed E-state index contributed by atoms with van der Waals surface area (Å²) in [5.41, 5.74) is 0. The maximum atomic E-state index is 9.61. The average molecular weight is 202 g/mol. The van der Waals surface area contributed by atoms with Crippen LogP contribution >= 0.6 is 0 Å². The van der Waals surface area contributed by atoms with Crippen LogP contribution in [0.3, 0.4) is 0 Å². The van der Waals surface area contributed by atoms with Gasteiger partial charge in [-0.15, -0.1) is 0 Å². The SMILES string of the molecule is CCC(O)C1C[C@H]2OC(C)(C)O[C@H]2O1. The van der Waals surface area contributed by atoms with Gasteiger partial charge in [0, 0.05) is 6.42 Å². The lowest BCUT2D eigenvalue weighted by Crippen LogP contribution is -2.30. The highest BCUT2D eigenvalue weighted by Gasteiger charge is 2.49. The van der Waals surface area contributed by atoms with Crippen molar-refractivity contribution in [3.8, 4) is 0 Å². The lowest BCUT2D eigenvalue weighted by atomic mass is 10.1. The zero-order chi connectivity index (χ0) is 10.3. The van der Waals surface area contributed by atoms with E-state index in [-0.39, 0.29) is 18.5 Å². The molecule has 2 heterocycles. The Morgan fingerprint density at radius 1 is 1.43 bits per heavy atom. The number of fused-ring (bicyclic) bond motifs is 1. The van der Waals surface area contributed by atoms with Crippen LogP contribution in [0.2, 0.25) is 0 Å². The third-order valence-electron chi connectivity index (χ3n) is 2.76. The van der Waals surface area contributed by atoms with Crippen molar-refractivity contribution in [1.82, 2.24) is 0 Å². The Kier molecular flexibility index (Phi) is 2.55. The van der Waals surface area contributed by atoms with Crippen molar-refractivity contribution < 1.29 is 19.3 Å². The van der Waals surface area contributed by atoms with Crippen molar-refractivity contribution in [1.29, 1.82) is 0 Å². The molecular formula is C10H18O4. The molecule has 0 aromatic rings. The highest BCUT2D eigenvalue weighted by Crippen LogP contribution is 2.38. The molecule has 0 bridgehead atoms. The van der Waals surface area contributed by atoms with Gasteiger partial charge in [0.1, 0.15) is 6.10 Å². The van der Waals surface area contributed by atoms with E-state index in [2.05, 4.69) is 0 Å². The molecule has 0 amide bonds. The molecule has 1 N–H and O–H groups in total. The van der Waals surface area contributed by atoms with Crippen molar-refractivity contribution in [2.24, 2.45) is 0 Å². The summed E-state index contributed by atoms with van der Waals surface area (Å²) in [6.45, 7) is 5.69. The van der Waals surface area contributed by atoms with Gasteiger partial charge < -0.3 is 19.3 Å². The van der Waals surface area contributed by atoms with Crippen molar-refractivity contribution >= 4 is 0 Å². The van der Waals surface area contributed by atoms with E-state index in [0.717, 1.165) is 6.42 Å². The molecule has 2 aliphatic heterocycles. The number of aliphatic hydroxyl groups is 1. The third kappa shape index (κ3) is 1.80. The Labute approximate surface area is 84.1 Å². The van der Waals surface area contributed by atoms with Gasteiger partial charge >= 0.3 is 0 Å². The standard InChI is InChI=1S/C10H18O4/c1-4-6(11)7-5-8-9(12-7)14-10(2,3)13-8/h6-9,11H,4-5H2,1-3H3/t6?,7?,8-,9-/m1/s1. The Hall–Kier alpha value is -0.160. The molecule has 0 aromatic carbocycles. The van der Waals surface area contributed by atoms with Crippen LogP contribution in [-0.2, 0) is 14.2 Å². The smallest absolute Gasteiger partial charge is 0.187 e. The van der Waals surface area contributed by atoms with Crippen LogP contribution in [0.25, 0.3) is 0 Å². The van der Waals surface area contributed by atoms with E-state index in [0.29, 0.717) is 6.42 Å². The Balaban J connectivity index is 1.93. The van der Waals surface area contributed by atoms with Crippen LogP contribution in [0, 0.1) is 0 Å². The van der Waals surface area contributed by atoms with Gasteiger partial charge in [-0.1, -0.05) is 6.92 Å². The summed E-state index contributed by atoms with van der Waals surface area (Å²) in [5, 5.41) is 9.61. The summed E-state index contributed by atoms with van der Waals surface area (Å²) < 4.78 is 16.8. The molecule has 2 fully saturated rings. The Morgan fingerprint density at radius 3 is 2.71 bits per heavy atom. The average Bonchev–Trinajstić information content (AvgIpc) is 2.56. The largest absolute Gasteiger partial charge is 0.390 e. The molecule has 2 aliphatic rings. The van der Waals surface area contributed by atoms with Crippen LogP contribution in [0.15, 0.2) is 0 Å². The zero-order valence-electron chi connectivity index (χ0n) is 8.90. The van der Waals surface area contributed by atoms with Gasteiger partial charge in [-0.2, -0.15) is 0 Å². The first-order valence-corrected chi connectivity index (χ1v) is 5.21. The molecule has 0 spiro atoms. The molecule has 4 heteroatoms. The van der Waals surface area contributed by atoms with Gasteiger partial charge in [0.05, 0.1) is 12.2 Å². The van der Waals surface area contributed by atoms with Gasteiger partial charge in [0.25, 0.3) is 0 Å². The Bertz CT molecular complexity index is 200. The predicted molar refractivity (Wildman–Crippen MR) is 49.6 cm³/mol. The van der Waals surface area contributed by atoms with Crippen LogP contribution in [0.4, 0.5) is 0 Å². The third-order valence-corrected chi connectivity index (χ3v) is 2.76. The van der Waals surface area contributed by atoms with Gasteiger partial charge in [-0.25, -0.2) is 0 Å². The van der Waals surface area contributed by atoms with E-state index in [1.54, 1.807) is 0 Å². The van der Waals surface area contributed by atoms with Crippen LogP contribution in [-0.4, -0.2) is 35.5 Å². The molecule has 0 radical (unpaired) electrons. The second kappa shape index (κ2) is 3.45. The second-order valence-electron chi connectivity index (χ2n) is 4.43. The molecule has 0 aromatic heterocycles. The van der Waals surface area contributed by atoms with Crippen molar-refractivity contribution in [3.05, 3.63) is 0 Å². The van der Waals surface area contributed by atoms with E-state index >= 15 is 0 Å². The molecule has 0 saturated carbocycles. The summed E-state index contributed by atoms with van der Waals surface area (Å²) in [5.74, 6) is -0.544. The second-order valence-corrected chi connectivity index (χ2v) is 4.43. The van der Waals surface area contributed by atoms with E-state index in [1.807, 2.05) is 20.8 Å². The normalized spacial score (nSPS) is 42.4. The lowest BCUT2D eigenvalue weighted by molar-refractivity contribution is -0.214. The predicted octanol–water partition coefficient (Wildman–Crippen LogP) is 1.02. The molecule has 82 valence electrons. The first-order valence-electron chi connectivity index (χ1n) is 5.21. The van der Waals surface area contributed by atoms with Gasteiger partial charge in [0.2, 0.25) is 0 Å². The minimum atomic E-state index is -0.544. The van der Waals surface area contributed by atoms with E-state index in [9.17, 15) is 5.11 Å². The van der Waals surface area contributed by atoms with Crippen molar-refractivity contribution in [2.45, 2.75) is 64.0 Å². The van der Waals surface area contributed by atoms with Crippen LogP contribution in [0.1, 0.15) is 33.6 Å². The summed E-state index contributed by atoms with van der Waals surface area (Å²) >= 11 is 0. The van der Waals surface area contributed by atoms with Crippen LogP contribution in [0.5, 0.6) is 0 Å². The minimum Gasteiger partial charge on any atom is -0.390 e. The molecule has 4 nitrogen and oxygen atoms in total. The maximum Gasteiger partial charge on any atom is 0.187 e. The fourth-order valence-electron chi connectivity index (χ4n) is 2.05. The molecule has 2 rings (SSSR count). The zero-order valence-corrected chi connectivity index (χ0v) is 8.90. The quantitative estimate of drug-likeness (QED) is 0.726. The monoisotopic (exact) mass is 202 g/mol. The van der Waals surface area contributed by atoms with Gasteiger partial charge in [-0.05, 0) is 20.3 Å². The molecule has 14 heavy (non-hydrogen) atoms. The maximum absolute atomic E-state index is 9.61. The summed E-state index contributed by atoms with van der Waals surface area (Å²) in [6.07, 6.45) is 0.575. The molecule has 4 atom stereocenters. The number of aliphatic hydroxyl groups excluding tert-OH is 1. The van der Waals surface area contributed by atoms with Crippen molar-refractivity contribution in [2.75, 3.05) is 0 Å². The minimum absolute atomic E-state index is 0.0174. The summed E-state index contributed by atoms with van der Waals surface area (Å²) in [4.78, 5) is 0. The molecular weight excluding hydrogens is 184 g/mol. The Morgan fingerprint density at radius 2 is 2.14 bits per heavy atom. The number of rotatable bonds is 2. The fraction of sp³-hybridized carbons (Fsp3) is 1.00. The highest BCUT2D eigenvalue weighted by molar-refractivity contribution is 4.87. The summed E-state index contributed by atoms with van der Waals surface area (Å²) in [6, 6.07) is 0. The highest BCUT2D eigenvalue weighted by atomic mass is 16.8. The molecule has 0 aliphatic carbocycles. The number of ether oxygens (including phenoxy) is 3. The van der Waals surface area contributed by atoms with E-state index < -0.39 is 11.9 Å². The molecule has 2 unspecified atom stereocenters. The van der Waals surface area contributed by atoms with Gasteiger partial charge in [0.15, 0.2) is 12.1 Å².